The van der Waals surface area contributed by atoms with Crippen molar-refractivity contribution in [1.29, 1.82) is 0 Å². The number of carbonyl (C=O) groups excluding carboxylic acids is 1. The lowest BCUT2D eigenvalue weighted by Crippen LogP contribution is -2.36. The highest BCUT2D eigenvalue weighted by molar-refractivity contribution is 6.03. The summed E-state index contributed by atoms with van der Waals surface area (Å²) in [6.45, 7) is 5.10. The van der Waals surface area contributed by atoms with Crippen LogP contribution in [-0.2, 0) is 4.74 Å². The Hall–Kier alpha value is -3.52. The maximum absolute atomic E-state index is 12.9. The number of carbonyl (C=O) groups is 1. The van der Waals surface area contributed by atoms with Crippen molar-refractivity contribution in [2.45, 2.75) is 25.7 Å². The zero-order valence-corrected chi connectivity index (χ0v) is 19.0. The molecule has 0 atom stereocenters. The van der Waals surface area contributed by atoms with Gasteiger partial charge >= 0.3 is 0 Å². The molecule has 3 aromatic rings. The number of hydrogen-bond donors (Lipinski definition) is 2. The first kappa shape index (κ1) is 21.3. The highest BCUT2D eigenvalue weighted by Crippen LogP contribution is 2.39. The van der Waals surface area contributed by atoms with E-state index in [2.05, 4.69) is 38.7 Å². The quantitative estimate of drug-likeness (QED) is 0.596. The van der Waals surface area contributed by atoms with Gasteiger partial charge in [-0.05, 0) is 78.3 Å². The fourth-order valence-electron chi connectivity index (χ4n) is 4.09. The minimum absolute atomic E-state index is 0.251. The molecular weight excluding hydrogens is 416 g/mol. The van der Waals surface area contributed by atoms with Gasteiger partial charge in [-0.3, -0.25) is 4.79 Å². The first-order valence-electron chi connectivity index (χ1n) is 11.4. The van der Waals surface area contributed by atoms with E-state index in [0.717, 1.165) is 65.5 Å². The van der Waals surface area contributed by atoms with Gasteiger partial charge in [-0.1, -0.05) is 6.07 Å². The van der Waals surface area contributed by atoms with E-state index in [1.54, 1.807) is 6.20 Å². The zero-order chi connectivity index (χ0) is 22.8. The first-order chi connectivity index (χ1) is 16.1. The molecule has 3 heterocycles. The number of rotatable bonds is 6. The van der Waals surface area contributed by atoms with Crippen LogP contribution in [0.2, 0.25) is 0 Å². The number of aromatic nitrogens is 3. The second-order valence-corrected chi connectivity index (χ2v) is 8.58. The van der Waals surface area contributed by atoms with Crippen molar-refractivity contribution in [2.75, 3.05) is 48.9 Å². The molecular formula is C25H28N6O2. The number of hydrogen-bond acceptors (Lipinski definition) is 7. The topological polar surface area (TPSA) is 92.3 Å². The average Bonchev–Trinajstić information content (AvgIpc) is 3.71. The molecule has 0 radical (unpaired) electrons. The first-order valence-corrected chi connectivity index (χ1v) is 11.4. The van der Waals surface area contributed by atoms with Crippen LogP contribution < -0.4 is 15.5 Å². The number of amides is 1. The smallest absolute Gasteiger partial charge is 0.276 e. The Labute approximate surface area is 193 Å². The van der Waals surface area contributed by atoms with Crippen molar-refractivity contribution >= 4 is 23.2 Å². The normalized spacial score (nSPS) is 15.9. The molecule has 1 amide bonds. The predicted molar refractivity (Wildman–Crippen MR) is 129 cm³/mol. The summed E-state index contributed by atoms with van der Waals surface area (Å²) in [5, 5.41) is 14.2. The summed E-state index contributed by atoms with van der Waals surface area (Å²) in [6.07, 6.45) is 4.06. The number of morpholine rings is 1. The van der Waals surface area contributed by atoms with Crippen molar-refractivity contribution in [3.63, 3.8) is 0 Å². The van der Waals surface area contributed by atoms with E-state index in [1.165, 1.54) is 0 Å². The van der Waals surface area contributed by atoms with Crippen LogP contribution in [0.25, 0.3) is 11.1 Å². The number of anilines is 3. The third-order valence-corrected chi connectivity index (χ3v) is 6.17. The number of pyridine rings is 1. The van der Waals surface area contributed by atoms with E-state index in [-0.39, 0.29) is 5.91 Å². The Morgan fingerprint density at radius 1 is 1.12 bits per heavy atom. The second-order valence-electron chi connectivity index (χ2n) is 8.58. The van der Waals surface area contributed by atoms with Gasteiger partial charge < -0.3 is 20.3 Å². The summed E-state index contributed by atoms with van der Waals surface area (Å²) in [5.74, 6) is 1.99. The highest BCUT2D eigenvalue weighted by Gasteiger charge is 2.25. The molecule has 0 unspecified atom stereocenters. The maximum atomic E-state index is 12.9. The molecule has 1 saturated carbocycles. The molecule has 2 N–H and O–H groups in total. The van der Waals surface area contributed by atoms with Gasteiger partial charge in [-0.25, -0.2) is 4.98 Å². The molecule has 2 aliphatic rings. The molecule has 8 nitrogen and oxygen atoms in total. The summed E-state index contributed by atoms with van der Waals surface area (Å²) in [4.78, 5) is 19.8. The van der Waals surface area contributed by atoms with Gasteiger partial charge in [0, 0.05) is 25.8 Å². The molecule has 2 fully saturated rings. The minimum atomic E-state index is -0.251. The third kappa shape index (κ3) is 4.80. The van der Waals surface area contributed by atoms with Crippen molar-refractivity contribution in [3.8, 4) is 11.1 Å². The number of nitrogens with zero attached hydrogens (tertiary/aromatic N) is 4. The van der Waals surface area contributed by atoms with Crippen LogP contribution in [0.15, 0.2) is 42.6 Å². The summed E-state index contributed by atoms with van der Waals surface area (Å²) in [5.41, 5.74) is 5.35. The predicted octanol–water partition coefficient (Wildman–Crippen LogP) is 3.86. The highest BCUT2D eigenvalue weighted by atomic mass is 16.5. The van der Waals surface area contributed by atoms with Crippen LogP contribution in [-0.4, -0.2) is 54.4 Å². The minimum Gasteiger partial charge on any atom is -0.378 e. The monoisotopic (exact) mass is 444 g/mol. The maximum Gasteiger partial charge on any atom is 0.276 e. The van der Waals surface area contributed by atoms with Gasteiger partial charge in [0.2, 0.25) is 0 Å². The summed E-state index contributed by atoms with van der Waals surface area (Å²) < 4.78 is 5.49. The molecule has 1 aliphatic carbocycles. The largest absolute Gasteiger partial charge is 0.378 e. The second kappa shape index (κ2) is 9.15. The number of aryl methyl sites for hydroxylation is 1. The molecule has 1 aliphatic heterocycles. The Bertz CT molecular complexity index is 1170. The number of ether oxygens (including phenoxy) is 1. The molecule has 8 heteroatoms. The van der Waals surface area contributed by atoms with Crippen LogP contribution in [0.1, 0.15) is 40.4 Å². The van der Waals surface area contributed by atoms with E-state index in [1.807, 2.05) is 37.4 Å². The van der Waals surface area contributed by atoms with Gasteiger partial charge in [0.15, 0.2) is 5.69 Å². The van der Waals surface area contributed by atoms with Crippen molar-refractivity contribution in [3.05, 3.63) is 59.4 Å². The SMILES string of the molecule is CNc1cc(-c2cc(NC(=O)c3cc(C4CC4)cnn3)ccc2C)cc(N2CCOCC2)n1. The fourth-order valence-corrected chi connectivity index (χ4v) is 4.09. The molecule has 0 spiro atoms. The molecule has 5 rings (SSSR count). The van der Waals surface area contributed by atoms with E-state index in [9.17, 15) is 4.79 Å². The fraction of sp³-hybridized carbons (Fsp3) is 0.360. The molecule has 170 valence electrons. The summed E-state index contributed by atoms with van der Waals surface area (Å²) >= 11 is 0. The van der Waals surface area contributed by atoms with E-state index in [0.29, 0.717) is 24.8 Å². The van der Waals surface area contributed by atoms with Crippen LogP contribution in [0.5, 0.6) is 0 Å². The van der Waals surface area contributed by atoms with Crippen molar-refractivity contribution in [1.82, 2.24) is 15.2 Å². The Morgan fingerprint density at radius 3 is 2.70 bits per heavy atom. The third-order valence-electron chi connectivity index (χ3n) is 6.17. The van der Waals surface area contributed by atoms with Crippen LogP contribution in [0.3, 0.4) is 0 Å². The average molecular weight is 445 g/mol. The van der Waals surface area contributed by atoms with Gasteiger partial charge in [0.25, 0.3) is 5.91 Å². The van der Waals surface area contributed by atoms with Gasteiger partial charge in [-0.2, -0.15) is 5.10 Å². The number of benzene rings is 1. The summed E-state index contributed by atoms with van der Waals surface area (Å²) in [6, 6.07) is 11.9. The lowest BCUT2D eigenvalue weighted by Gasteiger charge is -2.28. The molecule has 2 aromatic heterocycles. The molecule has 1 saturated heterocycles. The van der Waals surface area contributed by atoms with Crippen molar-refractivity contribution in [2.24, 2.45) is 0 Å². The Kier molecular flexibility index (Phi) is 5.92. The summed E-state index contributed by atoms with van der Waals surface area (Å²) in [7, 11) is 1.87. The van der Waals surface area contributed by atoms with Crippen LogP contribution >= 0.6 is 0 Å². The van der Waals surface area contributed by atoms with E-state index < -0.39 is 0 Å². The Balaban J connectivity index is 1.42. The van der Waals surface area contributed by atoms with Gasteiger partial charge in [-0.15, -0.1) is 5.10 Å². The van der Waals surface area contributed by atoms with Crippen LogP contribution in [0.4, 0.5) is 17.3 Å². The lowest BCUT2D eigenvalue weighted by molar-refractivity contribution is 0.102. The zero-order valence-electron chi connectivity index (χ0n) is 19.0. The molecule has 1 aromatic carbocycles. The lowest BCUT2D eigenvalue weighted by atomic mass is 10.00. The molecule has 33 heavy (non-hydrogen) atoms. The number of nitrogens with one attached hydrogen (secondary N) is 2. The van der Waals surface area contributed by atoms with E-state index in [4.69, 9.17) is 9.72 Å². The van der Waals surface area contributed by atoms with Crippen molar-refractivity contribution < 1.29 is 9.53 Å². The molecule has 0 bridgehead atoms. The van der Waals surface area contributed by atoms with Gasteiger partial charge in [0.05, 0.1) is 19.4 Å². The van der Waals surface area contributed by atoms with Gasteiger partial charge in [0.1, 0.15) is 11.6 Å². The van der Waals surface area contributed by atoms with E-state index >= 15 is 0 Å². The standard InChI is InChI=1S/C25H28N6O2/c1-16-3-6-20(28-25(32)22-11-19(15-27-30-22)17-4-5-17)14-21(16)18-12-23(26-2)29-24(13-18)31-7-9-33-10-8-31/h3,6,11-15,17H,4-5,7-10H2,1-2H3,(H,26,29)(H,28,32). The van der Waals surface area contributed by atoms with Crippen LogP contribution in [0, 0.1) is 6.92 Å². The Morgan fingerprint density at radius 2 is 1.94 bits per heavy atom.